The maximum atomic E-state index is 11.0. The predicted octanol–water partition coefficient (Wildman–Crippen LogP) is 2.98. The van der Waals surface area contributed by atoms with E-state index in [4.69, 9.17) is 9.29 Å². The highest BCUT2D eigenvalue weighted by Crippen LogP contribution is 2.20. The zero-order chi connectivity index (χ0) is 18.0. The van der Waals surface area contributed by atoms with Crippen molar-refractivity contribution in [3.8, 4) is 5.75 Å². The van der Waals surface area contributed by atoms with Crippen LogP contribution in [0.25, 0.3) is 0 Å². The first kappa shape index (κ1) is 20.5. The summed E-state index contributed by atoms with van der Waals surface area (Å²) in [5, 5.41) is 0. The van der Waals surface area contributed by atoms with Crippen molar-refractivity contribution in [3.05, 3.63) is 36.9 Å². The Labute approximate surface area is 145 Å². The summed E-state index contributed by atoms with van der Waals surface area (Å²) < 4.78 is 37.5. The second-order valence-electron chi connectivity index (χ2n) is 5.75. The number of unbranched alkanes of at least 4 members (excludes halogenated alkanes) is 3. The van der Waals surface area contributed by atoms with Gasteiger partial charge in [-0.1, -0.05) is 18.9 Å². The largest absolute Gasteiger partial charge is 0.494 e. The Bertz CT molecular complexity index is 587. The Balaban J connectivity index is 2.21. The summed E-state index contributed by atoms with van der Waals surface area (Å²) in [5.41, 5.74) is 0.383. The number of likely N-dealkylation sites (N-methyl/N-ethyl adjacent to an activating group) is 1. The van der Waals surface area contributed by atoms with E-state index in [1.807, 2.05) is 6.08 Å². The van der Waals surface area contributed by atoms with Crippen molar-refractivity contribution in [2.45, 2.75) is 25.7 Å². The summed E-state index contributed by atoms with van der Waals surface area (Å²) in [6.07, 6.45) is 6.35. The normalized spacial score (nSPS) is 11.5. The molecule has 1 rings (SSSR count). The van der Waals surface area contributed by atoms with Crippen LogP contribution in [0.1, 0.15) is 25.7 Å². The lowest BCUT2D eigenvalue weighted by Gasteiger charge is -2.15. The zero-order valence-electron chi connectivity index (χ0n) is 14.5. The number of hydrogen-bond acceptors (Lipinski definition) is 4. The Morgan fingerprint density at radius 2 is 1.75 bits per heavy atom. The van der Waals surface area contributed by atoms with Gasteiger partial charge < -0.3 is 9.64 Å². The number of benzene rings is 1. The second kappa shape index (κ2) is 10.3. The Morgan fingerprint density at radius 3 is 2.33 bits per heavy atom. The number of anilines is 1. The average molecular weight is 356 g/mol. The molecule has 0 atom stereocenters. The smallest absolute Gasteiger partial charge is 0.359 e. The van der Waals surface area contributed by atoms with Crippen LogP contribution in [0.3, 0.4) is 0 Å². The maximum absolute atomic E-state index is 11.0. The zero-order valence-corrected chi connectivity index (χ0v) is 15.3. The fraction of sp³-hybridized carbons (Fsp3) is 0.529. The minimum atomic E-state index is -4.22. The fourth-order valence-electron chi connectivity index (χ4n) is 2.22. The summed E-state index contributed by atoms with van der Waals surface area (Å²) in [7, 11) is -0.844. The van der Waals surface area contributed by atoms with E-state index in [9.17, 15) is 8.42 Å². The van der Waals surface area contributed by atoms with Gasteiger partial charge in [-0.2, -0.15) is 8.42 Å². The van der Waals surface area contributed by atoms with Crippen LogP contribution in [0.5, 0.6) is 5.75 Å². The highest BCUT2D eigenvalue weighted by Gasteiger charge is 2.13. The minimum Gasteiger partial charge on any atom is -0.494 e. The lowest BCUT2D eigenvalue weighted by atomic mass is 10.2. The SMILES string of the molecule is C=CCN(C)CCCCCCOc1ccc(N(C)S(=O)(=O)O)cc1. The van der Waals surface area contributed by atoms with Gasteiger partial charge in [0.2, 0.25) is 0 Å². The van der Waals surface area contributed by atoms with Gasteiger partial charge in [0, 0.05) is 13.6 Å². The molecule has 0 aliphatic carbocycles. The topological polar surface area (TPSA) is 70.1 Å². The van der Waals surface area contributed by atoms with Crippen molar-refractivity contribution in [3.63, 3.8) is 0 Å². The summed E-state index contributed by atoms with van der Waals surface area (Å²) in [6, 6.07) is 6.58. The van der Waals surface area contributed by atoms with Crippen LogP contribution in [0.4, 0.5) is 5.69 Å². The molecule has 0 aromatic heterocycles. The third-order valence-electron chi connectivity index (χ3n) is 3.69. The lowest BCUT2D eigenvalue weighted by Crippen LogP contribution is -2.25. The Morgan fingerprint density at radius 1 is 1.12 bits per heavy atom. The summed E-state index contributed by atoms with van der Waals surface area (Å²) in [6.45, 7) is 6.36. The molecule has 0 aliphatic rings. The van der Waals surface area contributed by atoms with Crippen LogP contribution in [0.15, 0.2) is 36.9 Å². The van der Waals surface area contributed by atoms with Crippen LogP contribution in [-0.2, 0) is 10.3 Å². The van der Waals surface area contributed by atoms with Gasteiger partial charge in [0.1, 0.15) is 5.75 Å². The first-order valence-electron chi connectivity index (χ1n) is 8.08. The summed E-state index contributed by atoms with van der Waals surface area (Å²) in [5.74, 6) is 0.688. The highest BCUT2D eigenvalue weighted by atomic mass is 32.2. The predicted molar refractivity (Wildman–Crippen MR) is 98.1 cm³/mol. The number of hydrogen-bond donors (Lipinski definition) is 1. The molecule has 0 aliphatic heterocycles. The van der Waals surface area contributed by atoms with Gasteiger partial charge in [-0.05, 0) is 50.7 Å². The molecule has 7 heteroatoms. The minimum absolute atomic E-state index is 0.383. The molecule has 0 saturated heterocycles. The van der Waals surface area contributed by atoms with Gasteiger partial charge in [-0.15, -0.1) is 6.58 Å². The highest BCUT2D eigenvalue weighted by molar-refractivity contribution is 7.87. The van der Waals surface area contributed by atoms with E-state index in [1.54, 1.807) is 24.3 Å². The molecule has 136 valence electrons. The Kier molecular flexibility index (Phi) is 8.81. The molecule has 6 nitrogen and oxygen atoms in total. The maximum Gasteiger partial charge on any atom is 0.359 e. The van der Waals surface area contributed by atoms with Crippen molar-refractivity contribution >= 4 is 16.0 Å². The van der Waals surface area contributed by atoms with E-state index >= 15 is 0 Å². The van der Waals surface area contributed by atoms with Crippen LogP contribution in [0.2, 0.25) is 0 Å². The van der Waals surface area contributed by atoms with Crippen molar-refractivity contribution in [1.82, 2.24) is 4.90 Å². The van der Waals surface area contributed by atoms with Gasteiger partial charge in [0.25, 0.3) is 0 Å². The van der Waals surface area contributed by atoms with Crippen LogP contribution >= 0.6 is 0 Å². The molecule has 0 unspecified atom stereocenters. The molecular weight excluding hydrogens is 328 g/mol. The Hall–Kier alpha value is -1.57. The molecule has 24 heavy (non-hydrogen) atoms. The number of rotatable bonds is 12. The molecule has 0 saturated carbocycles. The molecule has 0 spiro atoms. The van der Waals surface area contributed by atoms with Crippen molar-refractivity contribution in [1.29, 1.82) is 0 Å². The van der Waals surface area contributed by atoms with Crippen molar-refractivity contribution in [2.75, 3.05) is 38.1 Å². The van der Waals surface area contributed by atoms with E-state index in [1.165, 1.54) is 19.9 Å². The van der Waals surface area contributed by atoms with Gasteiger partial charge in [0.05, 0.1) is 12.3 Å². The first-order valence-corrected chi connectivity index (χ1v) is 9.48. The van der Waals surface area contributed by atoms with E-state index in [-0.39, 0.29) is 0 Å². The molecule has 0 radical (unpaired) electrons. The van der Waals surface area contributed by atoms with Gasteiger partial charge >= 0.3 is 10.3 Å². The number of nitrogens with zero attached hydrogens (tertiary/aromatic N) is 2. The third-order valence-corrected chi connectivity index (χ3v) is 4.59. The standard InChI is InChI=1S/C17H28N2O4S/c1-4-13-18(2)14-7-5-6-8-15-23-17-11-9-16(10-12-17)19(3)24(20,21)22/h4,9-12H,1,5-8,13-15H2,2-3H3,(H,20,21,22). The molecule has 1 aromatic rings. The van der Waals surface area contributed by atoms with Crippen molar-refractivity contribution < 1.29 is 17.7 Å². The van der Waals surface area contributed by atoms with Crippen LogP contribution in [-0.4, -0.2) is 51.7 Å². The molecule has 0 fully saturated rings. The van der Waals surface area contributed by atoms with Crippen LogP contribution in [0, 0.1) is 0 Å². The van der Waals surface area contributed by atoms with Crippen LogP contribution < -0.4 is 9.04 Å². The average Bonchev–Trinajstić information content (AvgIpc) is 2.53. The molecule has 0 bridgehead atoms. The lowest BCUT2D eigenvalue weighted by molar-refractivity contribution is 0.300. The molecule has 1 N–H and O–H groups in total. The van der Waals surface area contributed by atoms with E-state index in [2.05, 4.69) is 18.5 Å². The van der Waals surface area contributed by atoms with Crippen molar-refractivity contribution in [2.24, 2.45) is 0 Å². The molecule has 0 amide bonds. The monoisotopic (exact) mass is 356 g/mol. The van der Waals surface area contributed by atoms with Gasteiger partial charge in [-0.3, -0.25) is 8.86 Å². The van der Waals surface area contributed by atoms with Gasteiger partial charge in [0.15, 0.2) is 0 Å². The van der Waals surface area contributed by atoms with Gasteiger partial charge in [-0.25, -0.2) is 0 Å². The van der Waals surface area contributed by atoms with E-state index in [0.29, 0.717) is 18.0 Å². The quantitative estimate of drug-likeness (QED) is 0.354. The van der Waals surface area contributed by atoms with E-state index in [0.717, 1.165) is 30.2 Å². The fourth-order valence-corrected chi connectivity index (χ4v) is 2.61. The molecule has 0 heterocycles. The summed E-state index contributed by atoms with van der Waals surface area (Å²) in [4.78, 5) is 2.24. The summed E-state index contributed by atoms with van der Waals surface area (Å²) >= 11 is 0. The molecular formula is C17H28N2O4S. The second-order valence-corrected chi connectivity index (χ2v) is 7.20. The third kappa shape index (κ3) is 7.81. The first-order chi connectivity index (χ1) is 11.3. The van der Waals surface area contributed by atoms with E-state index < -0.39 is 10.3 Å². The molecule has 1 aromatic carbocycles. The number of ether oxygens (including phenoxy) is 1.